The van der Waals surface area contributed by atoms with Gasteiger partial charge in [-0.05, 0) is 19.3 Å². The molecule has 1 N–H and O–H groups in total. The third-order valence-electron chi connectivity index (χ3n) is 2.75. The van der Waals surface area contributed by atoms with Crippen LogP contribution in [0.5, 0.6) is 0 Å². The van der Waals surface area contributed by atoms with Crippen LogP contribution in [0.2, 0.25) is 0 Å². The summed E-state index contributed by atoms with van der Waals surface area (Å²) in [7, 11) is 1.91. The lowest BCUT2D eigenvalue weighted by Gasteiger charge is -2.10. The molecule has 1 atom stereocenters. The average Bonchev–Trinajstić information content (AvgIpc) is 2.75. The topological polar surface area (TPSA) is 38.0 Å². The molecule has 1 unspecified atom stereocenters. The Balaban J connectivity index is 2.02. The Bertz CT molecular complexity index is 341. The molecule has 1 aliphatic carbocycles. The van der Waals surface area contributed by atoms with Gasteiger partial charge in [0.05, 0.1) is 0 Å². The summed E-state index contributed by atoms with van der Waals surface area (Å²) in [6.07, 6.45) is 9.67. The summed E-state index contributed by atoms with van der Waals surface area (Å²) in [5.41, 5.74) is 1.38. The molecule has 1 aromatic heterocycles. The van der Waals surface area contributed by atoms with Gasteiger partial charge in [0.2, 0.25) is 0 Å². The lowest BCUT2D eigenvalue weighted by Crippen LogP contribution is -2.06. The number of aryl methyl sites for hydroxylation is 1. The molecule has 0 radical (unpaired) electrons. The van der Waals surface area contributed by atoms with Crippen molar-refractivity contribution >= 4 is 0 Å². The van der Waals surface area contributed by atoms with Gasteiger partial charge in [-0.2, -0.15) is 0 Å². The molecule has 1 aliphatic rings. The summed E-state index contributed by atoms with van der Waals surface area (Å²) in [4.78, 5) is 4.14. The first kappa shape index (κ1) is 9.46. The first-order valence-corrected chi connectivity index (χ1v) is 5.10. The normalized spacial score (nSPS) is 18.3. The minimum Gasteiger partial charge on any atom is -0.385 e. The molecule has 76 valence electrons. The molecule has 0 bridgehead atoms. The maximum atomic E-state index is 9.93. The fourth-order valence-electron chi connectivity index (χ4n) is 1.96. The predicted molar refractivity (Wildman–Crippen MR) is 54.7 cm³/mol. The van der Waals surface area contributed by atoms with Crippen molar-refractivity contribution in [1.29, 1.82) is 0 Å². The Hall–Kier alpha value is -1.09. The zero-order chi connectivity index (χ0) is 9.97. The Morgan fingerprint density at radius 2 is 2.50 bits per heavy atom. The minimum absolute atomic E-state index is 0.445. The second-order valence-corrected chi connectivity index (χ2v) is 3.87. The Morgan fingerprint density at radius 1 is 1.64 bits per heavy atom. The highest BCUT2D eigenvalue weighted by molar-refractivity contribution is 5.11. The third-order valence-corrected chi connectivity index (χ3v) is 2.75. The second-order valence-electron chi connectivity index (χ2n) is 3.87. The number of hydrogen-bond acceptors (Lipinski definition) is 2. The van der Waals surface area contributed by atoms with Crippen molar-refractivity contribution in [3.8, 4) is 0 Å². The lowest BCUT2D eigenvalue weighted by molar-refractivity contribution is 0.164. The number of hydrogen-bond donors (Lipinski definition) is 1. The van der Waals surface area contributed by atoms with Gasteiger partial charge in [-0.25, -0.2) is 4.98 Å². The lowest BCUT2D eigenvalue weighted by atomic mass is 10.1. The van der Waals surface area contributed by atoms with E-state index in [4.69, 9.17) is 0 Å². The zero-order valence-corrected chi connectivity index (χ0v) is 8.48. The SMILES string of the molecule is Cn1ccnc1C(O)CC1=CCCC1. The van der Waals surface area contributed by atoms with E-state index in [0.717, 1.165) is 18.7 Å². The van der Waals surface area contributed by atoms with Gasteiger partial charge in [0.15, 0.2) is 0 Å². The van der Waals surface area contributed by atoms with Crippen LogP contribution >= 0.6 is 0 Å². The first-order valence-electron chi connectivity index (χ1n) is 5.10. The number of aliphatic hydroxyl groups is 1. The van der Waals surface area contributed by atoms with Gasteiger partial charge in [0.25, 0.3) is 0 Å². The number of aromatic nitrogens is 2. The average molecular weight is 192 g/mol. The van der Waals surface area contributed by atoms with Gasteiger partial charge in [-0.15, -0.1) is 0 Å². The molecule has 0 aliphatic heterocycles. The largest absolute Gasteiger partial charge is 0.385 e. The van der Waals surface area contributed by atoms with Gasteiger partial charge >= 0.3 is 0 Å². The minimum atomic E-state index is -0.445. The van der Waals surface area contributed by atoms with Crippen LogP contribution in [0, 0.1) is 0 Å². The van der Waals surface area contributed by atoms with Gasteiger partial charge in [-0.1, -0.05) is 11.6 Å². The standard InChI is InChI=1S/C11H16N2O/c1-13-7-6-12-11(13)10(14)8-9-4-2-3-5-9/h4,6-7,10,14H,2-3,5,8H2,1H3. The van der Waals surface area contributed by atoms with E-state index < -0.39 is 6.10 Å². The molecule has 3 heteroatoms. The van der Waals surface area contributed by atoms with Crippen molar-refractivity contribution in [3.05, 3.63) is 29.9 Å². The van der Waals surface area contributed by atoms with Crippen LogP contribution in [-0.4, -0.2) is 14.7 Å². The Kier molecular flexibility index (Phi) is 2.68. The van der Waals surface area contributed by atoms with Crippen LogP contribution in [0.3, 0.4) is 0 Å². The summed E-state index contributed by atoms with van der Waals surface area (Å²) < 4.78 is 1.88. The smallest absolute Gasteiger partial charge is 0.137 e. The molecule has 0 saturated heterocycles. The zero-order valence-electron chi connectivity index (χ0n) is 8.48. The van der Waals surface area contributed by atoms with E-state index in [9.17, 15) is 5.11 Å². The van der Waals surface area contributed by atoms with Crippen molar-refractivity contribution in [2.75, 3.05) is 0 Å². The molecular formula is C11H16N2O. The summed E-state index contributed by atoms with van der Waals surface area (Å²) >= 11 is 0. The molecule has 0 spiro atoms. The monoisotopic (exact) mass is 192 g/mol. The van der Waals surface area contributed by atoms with Crippen LogP contribution in [0.25, 0.3) is 0 Å². The van der Waals surface area contributed by atoms with Crippen LogP contribution in [0.1, 0.15) is 37.6 Å². The second kappa shape index (κ2) is 3.96. The van der Waals surface area contributed by atoms with Crippen LogP contribution in [-0.2, 0) is 7.05 Å². The van der Waals surface area contributed by atoms with E-state index in [0.29, 0.717) is 0 Å². The molecule has 0 saturated carbocycles. The quantitative estimate of drug-likeness (QED) is 0.743. The van der Waals surface area contributed by atoms with E-state index in [-0.39, 0.29) is 0 Å². The molecule has 0 amide bonds. The molecule has 0 aromatic carbocycles. The maximum Gasteiger partial charge on any atom is 0.137 e. The molecule has 2 rings (SSSR count). The van der Waals surface area contributed by atoms with E-state index in [1.165, 1.54) is 18.4 Å². The van der Waals surface area contributed by atoms with Crippen LogP contribution in [0.4, 0.5) is 0 Å². The van der Waals surface area contributed by atoms with Crippen molar-refractivity contribution in [2.45, 2.75) is 31.8 Å². The predicted octanol–water partition coefficient (Wildman–Crippen LogP) is 1.95. The highest BCUT2D eigenvalue weighted by Crippen LogP contribution is 2.27. The maximum absolute atomic E-state index is 9.93. The van der Waals surface area contributed by atoms with Crippen LogP contribution < -0.4 is 0 Å². The summed E-state index contributed by atoms with van der Waals surface area (Å²) in [5.74, 6) is 0.762. The van der Waals surface area contributed by atoms with E-state index >= 15 is 0 Å². The number of imidazole rings is 1. The van der Waals surface area contributed by atoms with Crippen molar-refractivity contribution in [3.63, 3.8) is 0 Å². The van der Waals surface area contributed by atoms with Gasteiger partial charge in [0.1, 0.15) is 11.9 Å². The molecule has 0 fully saturated rings. The highest BCUT2D eigenvalue weighted by Gasteiger charge is 2.15. The molecule has 3 nitrogen and oxygen atoms in total. The Labute approximate surface area is 84.1 Å². The van der Waals surface area contributed by atoms with E-state index in [1.807, 2.05) is 17.8 Å². The van der Waals surface area contributed by atoms with Crippen molar-refractivity contribution in [2.24, 2.45) is 7.05 Å². The molecule has 1 heterocycles. The number of aliphatic hydroxyl groups excluding tert-OH is 1. The van der Waals surface area contributed by atoms with Crippen molar-refractivity contribution in [1.82, 2.24) is 9.55 Å². The molecular weight excluding hydrogens is 176 g/mol. The van der Waals surface area contributed by atoms with Crippen LogP contribution in [0.15, 0.2) is 24.0 Å². The summed E-state index contributed by atoms with van der Waals surface area (Å²) in [6, 6.07) is 0. The number of rotatable bonds is 3. The number of nitrogens with zero attached hydrogens (tertiary/aromatic N) is 2. The number of allylic oxidation sites excluding steroid dienone is 1. The van der Waals surface area contributed by atoms with Crippen molar-refractivity contribution < 1.29 is 5.11 Å². The van der Waals surface area contributed by atoms with E-state index in [1.54, 1.807) is 6.20 Å². The van der Waals surface area contributed by atoms with Gasteiger partial charge < -0.3 is 9.67 Å². The third kappa shape index (κ3) is 1.87. The first-order chi connectivity index (χ1) is 6.77. The Morgan fingerprint density at radius 3 is 3.07 bits per heavy atom. The van der Waals surface area contributed by atoms with Gasteiger partial charge in [0, 0.05) is 25.9 Å². The molecule has 1 aromatic rings. The van der Waals surface area contributed by atoms with Gasteiger partial charge in [-0.3, -0.25) is 0 Å². The highest BCUT2D eigenvalue weighted by atomic mass is 16.3. The fraction of sp³-hybridized carbons (Fsp3) is 0.545. The van der Waals surface area contributed by atoms with E-state index in [2.05, 4.69) is 11.1 Å². The fourth-order valence-corrected chi connectivity index (χ4v) is 1.96. The molecule has 14 heavy (non-hydrogen) atoms. The summed E-state index contributed by atoms with van der Waals surface area (Å²) in [6.45, 7) is 0. The summed E-state index contributed by atoms with van der Waals surface area (Å²) in [5, 5.41) is 9.93.